The van der Waals surface area contributed by atoms with Gasteiger partial charge < -0.3 is 0 Å². The van der Waals surface area contributed by atoms with Crippen LogP contribution in [0.1, 0.15) is 18.1 Å². The van der Waals surface area contributed by atoms with Gasteiger partial charge in [-0.15, -0.1) is 5.92 Å². The molecule has 0 bridgehead atoms. The number of benzene rings is 1. The third-order valence-electron chi connectivity index (χ3n) is 1.30. The average Bonchev–Trinajstić information content (AvgIpc) is 2.04. The van der Waals surface area contributed by atoms with Crippen LogP contribution in [0.15, 0.2) is 22.7 Å². The minimum atomic E-state index is 0.627. The van der Waals surface area contributed by atoms with Crippen molar-refractivity contribution >= 4 is 15.9 Å². The van der Waals surface area contributed by atoms with E-state index in [-0.39, 0.29) is 0 Å². The highest BCUT2D eigenvalue weighted by atomic mass is 79.9. The van der Waals surface area contributed by atoms with Crippen LogP contribution < -0.4 is 0 Å². The van der Waals surface area contributed by atoms with Crippen LogP contribution in [0.5, 0.6) is 0 Å². The van der Waals surface area contributed by atoms with Crippen LogP contribution in [0.4, 0.5) is 0 Å². The molecular formula is C10H6BrN. The molecule has 0 aliphatic carbocycles. The average molecular weight is 220 g/mol. The first kappa shape index (κ1) is 8.84. The van der Waals surface area contributed by atoms with E-state index in [2.05, 4.69) is 33.8 Å². The van der Waals surface area contributed by atoms with Crippen molar-refractivity contribution in [2.45, 2.75) is 6.92 Å². The van der Waals surface area contributed by atoms with Gasteiger partial charge in [0.25, 0.3) is 0 Å². The Morgan fingerprint density at radius 1 is 1.25 bits per heavy atom. The lowest BCUT2D eigenvalue weighted by Gasteiger charge is -1.93. The normalized spacial score (nSPS) is 8.08. The van der Waals surface area contributed by atoms with Crippen LogP contribution in [0.25, 0.3) is 0 Å². The molecule has 0 aromatic heterocycles. The van der Waals surface area contributed by atoms with Gasteiger partial charge in [0.1, 0.15) is 0 Å². The molecule has 2 heteroatoms. The molecule has 1 nitrogen and oxygen atoms in total. The largest absolute Gasteiger partial charge is 0.192 e. The zero-order chi connectivity index (χ0) is 8.97. The van der Waals surface area contributed by atoms with Gasteiger partial charge in [-0.05, 0) is 25.1 Å². The van der Waals surface area contributed by atoms with Crippen LogP contribution in [-0.2, 0) is 0 Å². The van der Waals surface area contributed by atoms with Gasteiger partial charge in [-0.25, -0.2) is 0 Å². The van der Waals surface area contributed by atoms with Gasteiger partial charge in [0, 0.05) is 10.0 Å². The molecule has 0 saturated heterocycles. The summed E-state index contributed by atoms with van der Waals surface area (Å²) >= 11 is 3.30. The Labute approximate surface area is 80.2 Å². The van der Waals surface area contributed by atoms with Crippen LogP contribution in [0.3, 0.4) is 0 Å². The molecule has 0 radical (unpaired) electrons. The zero-order valence-corrected chi connectivity index (χ0v) is 8.14. The fourth-order valence-electron chi connectivity index (χ4n) is 0.871. The topological polar surface area (TPSA) is 23.8 Å². The lowest BCUT2D eigenvalue weighted by molar-refractivity contribution is 1.46. The molecule has 0 aliphatic rings. The third kappa shape index (κ3) is 2.12. The Hall–Kier alpha value is -1.25. The first-order valence-corrected chi connectivity index (χ1v) is 4.19. The molecule has 0 spiro atoms. The summed E-state index contributed by atoms with van der Waals surface area (Å²) in [5.74, 6) is 5.67. The van der Waals surface area contributed by atoms with E-state index in [1.54, 1.807) is 19.1 Å². The molecule has 0 N–H and O–H groups in total. The first-order chi connectivity index (χ1) is 5.76. The second kappa shape index (κ2) is 3.95. The van der Waals surface area contributed by atoms with Gasteiger partial charge in [0.2, 0.25) is 0 Å². The summed E-state index contributed by atoms with van der Waals surface area (Å²) in [6.45, 7) is 1.77. The molecular weight excluding hydrogens is 214 g/mol. The van der Waals surface area contributed by atoms with E-state index < -0.39 is 0 Å². The smallest absolute Gasteiger partial charge is 0.0992 e. The Kier molecular flexibility index (Phi) is 2.91. The van der Waals surface area contributed by atoms with Crippen LogP contribution in [0, 0.1) is 23.2 Å². The highest BCUT2D eigenvalue weighted by molar-refractivity contribution is 9.10. The monoisotopic (exact) mass is 219 g/mol. The lowest BCUT2D eigenvalue weighted by Crippen LogP contribution is -1.79. The highest BCUT2D eigenvalue weighted by Gasteiger charge is 1.95. The molecule has 0 saturated carbocycles. The number of halogens is 1. The first-order valence-electron chi connectivity index (χ1n) is 3.39. The SMILES string of the molecule is CC#Cc1cc(Br)cc(C#N)c1. The summed E-state index contributed by atoms with van der Waals surface area (Å²) in [4.78, 5) is 0. The number of nitrogens with zero attached hydrogens (tertiary/aromatic N) is 1. The second-order valence-electron chi connectivity index (χ2n) is 2.22. The molecule has 58 valence electrons. The van der Waals surface area contributed by atoms with E-state index in [1.807, 2.05) is 6.07 Å². The maximum atomic E-state index is 8.64. The van der Waals surface area contributed by atoms with Crippen molar-refractivity contribution in [3.05, 3.63) is 33.8 Å². The third-order valence-corrected chi connectivity index (χ3v) is 1.75. The van der Waals surface area contributed by atoms with Crippen molar-refractivity contribution in [1.82, 2.24) is 0 Å². The standard InChI is InChI=1S/C10H6BrN/c1-2-3-8-4-9(7-12)6-10(11)5-8/h4-6H,1H3. The van der Waals surface area contributed by atoms with E-state index in [0.29, 0.717) is 5.56 Å². The minimum absolute atomic E-state index is 0.627. The predicted octanol–water partition coefficient (Wildman–Crippen LogP) is 2.69. The summed E-state index contributed by atoms with van der Waals surface area (Å²) in [7, 11) is 0. The van der Waals surface area contributed by atoms with Crippen LogP contribution in [0.2, 0.25) is 0 Å². The van der Waals surface area contributed by atoms with Gasteiger partial charge in [-0.1, -0.05) is 21.9 Å². The minimum Gasteiger partial charge on any atom is -0.192 e. The van der Waals surface area contributed by atoms with E-state index in [9.17, 15) is 0 Å². The quantitative estimate of drug-likeness (QED) is 0.616. The van der Waals surface area contributed by atoms with Crippen LogP contribution >= 0.6 is 15.9 Å². The van der Waals surface area contributed by atoms with Crippen LogP contribution in [-0.4, -0.2) is 0 Å². The summed E-state index contributed by atoms with van der Waals surface area (Å²) < 4.78 is 0.888. The molecule has 0 aliphatic heterocycles. The maximum absolute atomic E-state index is 8.64. The van der Waals surface area contributed by atoms with E-state index in [4.69, 9.17) is 5.26 Å². The van der Waals surface area contributed by atoms with Crippen molar-refractivity contribution in [2.75, 3.05) is 0 Å². The summed E-state index contributed by atoms with van der Waals surface area (Å²) in [5, 5.41) is 8.64. The van der Waals surface area contributed by atoms with Crippen molar-refractivity contribution in [3.8, 4) is 17.9 Å². The van der Waals surface area contributed by atoms with Crippen molar-refractivity contribution in [1.29, 1.82) is 5.26 Å². The number of rotatable bonds is 0. The fraction of sp³-hybridized carbons (Fsp3) is 0.100. The number of nitriles is 1. The number of hydrogen-bond donors (Lipinski definition) is 0. The Bertz CT molecular complexity index is 391. The van der Waals surface area contributed by atoms with Gasteiger partial charge in [-0.2, -0.15) is 5.26 Å². The predicted molar refractivity (Wildman–Crippen MR) is 51.4 cm³/mol. The van der Waals surface area contributed by atoms with E-state index >= 15 is 0 Å². The summed E-state index contributed by atoms with van der Waals surface area (Å²) in [6, 6.07) is 7.48. The highest BCUT2D eigenvalue weighted by Crippen LogP contribution is 2.14. The summed E-state index contributed by atoms with van der Waals surface area (Å²) in [5.41, 5.74) is 1.49. The Balaban J connectivity index is 3.23. The second-order valence-corrected chi connectivity index (χ2v) is 3.13. The van der Waals surface area contributed by atoms with Gasteiger partial charge in [-0.3, -0.25) is 0 Å². The van der Waals surface area contributed by atoms with E-state index in [1.165, 1.54) is 0 Å². The van der Waals surface area contributed by atoms with Gasteiger partial charge in [0.15, 0.2) is 0 Å². The van der Waals surface area contributed by atoms with Gasteiger partial charge in [0.05, 0.1) is 11.6 Å². The van der Waals surface area contributed by atoms with Crippen molar-refractivity contribution in [2.24, 2.45) is 0 Å². The molecule has 0 amide bonds. The molecule has 0 unspecified atom stereocenters. The lowest BCUT2D eigenvalue weighted by atomic mass is 10.1. The molecule has 1 aromatic carbocycles. The van der Waals surface area contributed by atoms with E-state index in [0.717, 1.165) is 10.0 Å². The Morgan fingerprint density at radius 2 is 1.92 bits per heavy atom. The van der Waals surface area contributed by atoms with Crippen molar-refractivity contribution < 1.29 is 0 Å². The summed E-state index contributed by atoms with van der Waals surface area (Å²) in [6.07, 6.45) is 0. The molecule has 0 atom stereocenters. The molecule has 0 heterocycles. The molecule has 1 aromatic rings. The molecule has 1 rings (SSSR count). The molecule has 12 heavy (non-hydrogen) atoms. The van der Waals surface area contributed by atoms with Gasteiger partial charge >= 0.3 is 0 Å². The zero-order valence-electron chi connectivity index (χ0n) is 6.56. The maximum Gasteiger partial charge on any atom is 0.0992 e. The fourth-order valence-corrected chi connectivity index (χ4v) is 1.36. The Morgan fingerprint density at radius 3 is 2.50 bits per heavy atom. The number of hydrogen-bond acceptors (Lipinski definition) is 1. The molecule has 0 fully saturated rings. The van der Waals surface area contributed by atoms with Crippen molar-refractivity contribution in [3.63, 3.8) is 0 Å².